The van der Waals surface area contributed by atoms with E-state index in [2.05, 4.69) is 58.9 Å². The number of carbonyl (C=O) groups is 2. The van der Waals surface area contributed by atoms with Crippen LogP contribution in [0.25, 0.3) is 32.7 Å². The van der Waals surface area contributed by atoms with Crippen LogP contribution in [0.5, 0.6) is 0 Å². The first kappa shape index (κ1) is 23.7. The number of nitrogens with zero attached hydrogens (tertiary/aromatic N) is 2. The van der Waals surface area contributed by atoms with Gasteiger partial charge in [-0.15, -0.1) is 11.8 Å². The molecule has 1 saturated heterocycles. The molecular formula is C30H29N3O3S. The summed E-state index contributed by atoms with van der Waals surface area (Å²) < 4.78 is 7.53. The van der Waals surface area contributed by atoms with Gasteiger partial charge in [0, 0.05) is 58.3 Å². The molecule has 37 heavy (non-hydrogen) atoms. The third kappa shape index (κ3) is 4.07. The number of hydrogen-bond donors (Lipinski definition) is 1. The molecule has 5 aromatic rings. The van der Waals surface area contributed by atoms with Crippen LogP contribution >= 0.6 is 11.8 Å². The third-order valence-electron chi connectivity index (χ3n) is 7.46. The molecule has 0 radical (unpaired) electrons. The highest BCUT2D eigenvalue weighted by Gasteiger charge is 2.41. The highest BCUT2D eigenvalue weighted by molar-refractivity contribution is 8.01. The van der Waals surface area contributed by atoms with Crippen molar-refractivity contribution < 1.29 is 14.3 Å². The number of aromatic nitrogens is 2. The molecule has 3 heterocycles. The van der Waals surface area contributed by atoms with Gasteiger partial charge in [-0.3, -0.25) is 4.79 Å². The largest absolute Gasteiger partial charge is 0.467 e. The fraction of sp³-hybridized carbons (Fsp3) is 0.267. The van der Waals surface area contributed by atoms with Crippen molar-refractivity contribution in [2.45, 2.75) is 37.7 Å². The predicted molar refractivity (Wildman–Crippen MR) is 150 cm³/mol. The number of esters is 1. The van der Waals surface area contributed by atoms with Crippen molar-refractivity contribution in [1.29, 1.82) is 0 Å². The van der Waals surface area contributed by atoms with Crippen LogP contribution in [0.1, 0.15) is 18.1 Å². The molecule has 1 fully saturated rings. The minimum absolute atomic E-state index is 0.0195. The van der Waals surface area contributed by atoms with E-state index in [0.717, 1.165) is 28.6 Å². The maximum Gasteiger partial charge on any atom is 0.328 e. The van der Waals surface area contributed by atoms with E-state index in [1.807, 2.05) is 30.5 Å². The van der Waals surface area contributed by atoms with E-state index in [1.54, 1.807) is 16.7 Å². The van der Waals surface area contributed by atoms with E-state index in [4.69, 9.17) is 4.74 Å². The summed E-state index contributed by atoms with van der Waals surface area (Å²) in [5.74, 6) is -0.0369. The highest BCUT2D eigenvalue weighted by Crippen LogP contribution is 2.35. The molecule has 1 amide bonds. The summed E-state index contributed by atoms with van der Waals surface area (Å²) in [7, 11) is 1.39. The van der Waals surface area contributed by atoms with E-state index in [-0.39, 0.29) is 17.3 Å². The van der Waals surface area contributed by atoms with Crippen LogP contribution < -0.4 is 0 Å². The lowest BCUT2D eigenvalue weighted by molar-refractivity contribution is -0.152. The molecule has 188 valence electrons. The standard InChI is InChI=1S/C30H29N3O3S/c1-3-32-25-11-7-5-9-22(25)23-14-19(12-13-26(23)32)15-29-33(28(34)18-37-29)27(30(35)36-2)16-20-17-31-24-10-6-4-8-21(20)24/h4-14,17,27,29,31H,3,15-16,18H2,1-2H3. The van der Waals surface area contributed by atoms with Crippen molar-refractivity contribution in [3.8, 4) is 0 Å². The third-order valence-corrected chi connectivity index (χ3v) is 8.65. The van der Waals surface area contributed by atoms with Crippen LogP contribution in [0.15, 0.2) is 72.9 Å². The molecule has 7 heteroatoms. The van der Waals surface area contributed by atoms with Gasteiger partial charge in [0.05, 0.1) is 18.2 Å². The van der Waals surface area contributed by atoms with Crippen molar-refractivity contribution in [2.24, 2.45) is 0 Å². The van der Waals surface area contributed by atoms with Crippen molar-refractivity contribution in [1.82, 2.24) is 14.5 Å². The van der Waals surface area contributed by atoms with E-state index in [1.165, 1.54) is 28.9 Å². The number of fused-ring (bicyclic) bond motifs is 4. The Labute approximate surface area is 219 Å². The molecule has 3 aromatic carbocycles. The van der Waals surface area contributed by atoms with Gasteiger partial charge in [0.2, 0.25) is 5.91 Å². The van der Waals surface area contributed by atoms with Crippen LogP contribution in [-0.4, -0.2) is 50.6 Å². The van der Waals surface area contributed by atoms with Crippen LogP contribution in [0.4, 0.5) is 0 Å². The zero-order valence-electron chi connectivity index (χ0n) is 20.9. The fourth-order valence-electron chi connectivity index (χ4n) is 5.72. The Morgan fingerprint density at radius 2 is 1.81 bits per heavy atom. The number of para-hydroxylation sites is 2. The Morgan fingerprint density at radius 1 is 1.05 bits per heavy atom. The van der Waals surface area contributed by atoms with Crippen molar-refractivity contribution in [3.63, 3.8) is 0 Å². The molecular weight excluding hydrogens is 482 g/mol. The van der Waals surface area contributed by atoms with Gasteiger partial charge in [0.1, 0.15) is 6.04 Å². The van der Waals surface area contributed by atoms with Gasteiger partial charge >= 0.3 is 5.97 Å². The van der Waals surface area contributed by atoms with Gasteiger partial charge in [-0.05, 0) is 42.3 Å². The summed E-state index contributed by atoms with van der Waals surface area (Å²) in [6, 6.07) is 22.4. The Morgan fingerprint density at radius 3 is 2.62 bits per heavy atom. The smallest absolute Gasteiger partial charge is 0.328 e. The normalized spacial score (nSPS) is 16.8. The van der Waals surface area contributed by atoms with E-state index < -0.39 is 6.04 Å². The summed E-state index contributed by atoms with van der Waals surface area (Å²) in [5.41, 5.74) is 5.61. The number of benzene rings is 3. The number of rotatable bonds is 7. The first-order chi connectivity index (χ1) is 18.1. The Balaban J connectivity index is 1.33. The number of carbonyl (C=O) groups excluding carboxylic acids is 2. The molecule has 2 unspecified atom stereocenters. The van der Waals surface area contributed by atoms with Gasteiger partial charge in [-0.1, -0.05) is 42.5 Å². The molecule has 1 aliphatic rings. The first-order valence-corrected chi connectivity index (χ1v) is 13.7. The first-order valence-electron chi connectivity index (χ1n) is 12.6. The Hall–Kier alpha value is -3.71. The van der Waals surface area contributed by atoms with Gasteiger partial charge in [0.25, 0.3) is 0 Å². The summed E-state index contributed by atoms with van der Waals surface area (Å²) >= 11 is 1.60. The zero-order valence-corrected chi connectivity index (χ0v) is 21.8. The summed E-state index contributed by atoms with van der Waals surface area (Å²) in [4.78, 5) is 31.2. The van der Waals surface area contributed by atoms with E-state index >= 15 is 0 Å². The molecule has 1 N–H and O–H groups in total. The Bertz CT molecular complexity index is 1640. The second kappa shape index (κ2) is 9.63. The SMILES string of the molecule is CCn1c2ccccc2c2cc(CC3SCC(=O)N3C(Cc3c[nH]c4ccccc34)C(=O)OC)ccc21. The van der Waals surface area contributed by atoms with Gasteiger partial charge in [0.15, 0.2) is 0 Å². The molecule has 0 saturated carbocycles. The van der Waals surface area contributed by atoms with Gasteiger partial charge in [-0.25, -0.2) is 4.79 Å². The lowest BCUT2D eigenvalue weighted by Crippen LogP contribution is -2.48. The molecule has 0 aliphatic carbocycles. The average Bonchev–Trinajstić information content (AvgIpc) is 3.60. The number of amides is 1. The molecule has 1 aliphatic heterocycles. The maximum atomic E-state index is 13.1. The number of hydrogen-bond acceptors (Lipinski definition) is 4. The quantitative estimate of drug-likeness (QED) is 0.292. The molecule has 0 bridgehead atoms. The summed E-state index contributed by atoms with van der Waals surface area (Å²) in [6.07, 6.45) is 3.00. The highest BCUT2D eigenvalue weighted by atomic mass is 32.2. The zero-order chi connectivity index (χ0) is 25.5. The van der Waals surface area contributed by atoms with Crippen molar-refractivity contribution in [2.75, 3.05) is 12.9 Å². The molecule has 2 atom stereocenters. The number of H-pyrrole nitrogens is 1. The molecule has 0 spiro atoms. The fourth-order valence-corrected chi connectivity index (χ4v) is 6.94. The van der Waals surface area contributed by atoms with Gasteiger partial charge in [-0.2, -0.15) is 0 Å². The van der Waals surface area contributed by atoms with E-state index in [0.29, 0.717) is 18.6 Å². The lowest BCUT2D eigenvalue weighted by Gasteiger charge is -2.31. The number of thioether (sulfide) groups is 1. The number of nitrogens with one attached hydrogen (secondary N) is 1. The molecule has 6 nitrogen and oxygen atoms in total. The number of aromatic amines is 1. The minimum atomic E-state index is -0.678. The Kier molecular flexibility index (Phi) is 6.16. The number of aryl methyl sites for hydroxylation is 1. The van der Waals surface area contributed by atoms with Crippen LogP contribution in [-0.2, 0) is 33.7 Å². The second-order valence-electron chi connectivity index (χ2n) is 9.49. The van der Waals surface area contributed by atoms with Crippen molar-refractivity contribution in [3.05, 3.63) is 84.1 Å². The topological polar surface area (TPSA) is 67.3 Å². The van der Waals surface area contributed by atoms with Crippen molar-refractivity contribution >= 4 is 56.3 Å². The second-order valence-corrected chi connectivity index (χ2v) is 10.7. The lowest BCUT2D eigenvalue weighted by atomic mass is 10.0. The minimum Gasteiger partial charge on any atom is -0.467 e. The van der Waals surface area contributed by atoms with Crippen LogP contribution in [0.3, 0.4) is 0 Å². The van der Waals surface area contributed by atoms with Crippen LogP contribution in [0, 0.1) is 0 Å². The van der Waals surface area contributed by atoms with Crippen LogP contribution in [0.2, 0.25) is 0 Å². The predicted octanol–water partition coefficient (Wildman–Crippen LogP) is 5.52. The molecule has 2 aromatic heterocycles. The average molecular weight is 512 g/mol. The van der Waals surface area contributed by atoms with Gasteiger partial charge < -0.3 is 19.2 Å². The molecule has 6 rings (SSSR count). The number of methoxy groups -OCH3 is 1. The monoisotopic (exact) mass is 511 g/mol. The van der Waals surface area contributed by atoms with E-state index in [9.17, 15) is 9.59 Å². The summed E-state index contributed by atoms with van der Waals surface area (Å²) in [6.45, 7) is 3.07. The summed E-state index contributed by atoms with van der Waals surface area (Å²) in [5, 5.41) is 3.38. The number of ether oxygens (including phenoxy) is 1. The maximum absolute atomic E-state index is 13.1.